The largest absolute Gasteiger partial charge is 0.522 e. The molecule has 1 aliphatic heterocycles. The number of fused-ring (bicyclic) bond motifs is 1. The first kappa shape index (κ1) is 24.4. The van der Waals surface area contributed by atoms with E-state index in [1.165, 1.54) is 6.20 Å². The van der Waals surface area contributed by atoms with Crippen LogP contribution < -0.4 is 14.8 Å². The van der Waals surface area contributed by atoms with E-state index >= 15 is 0 Å². The molecule has 2 heterocycles. The lowest BCUT2D eigenvalue weighted by Crippen LogP contribution is -2.42. The van der Waals surface area contributed by atoms with Crippen LogP contribution in [0.3, 0.4) is 0 Å². The number of hydrogen-bond donors (Lipinski definition) is 2. The molecule has 1 fully saturated rings. The molecule has 12 heteroatoms. The SMILES string of the molecule is C=C(CCn1cc(OC2CC(OC(F)(F)F)C2)cn1)NC(=O)[C@@H]1C[C@@H](O)c2cc(Cl)ccc2O1. The van der Waals surface area contributed by atoms with Crippen LogP contribution in [0.4, 0.5) is 13.2 Å². The number of hydrogen-bond acceptors (Lipinski definition) is 6. The van der Waals surface area contributed by atoms with E-state index in [4.69, 9.17) is 21.1 Å². The van der Waals surface area contributed by atoms with Crippen molar-refractivity contribution in [1.29, 1.82) is 0 Å². The third kappa shape index (κ3) is 6.22. The van der Waals surface area contributed by atoms with Gasteiger partial charge in [0.25, 0.3) is 5.91 Å². The zero-order valence-electron chi connectivity index (χ0n) is 17.9. The Bertz CT molecular complexity index is 1050. The van der Waals surface area contributed by atoms with Gasteiger partial charge in [0.05, 0.1) is 24.6 Å². The summed E-state index contributed by atoms with van der Waals surface area (Å²) >= 11 is 5.94. The predicted octanol–water partition coefficient (Wildman–Crippen LogP) is 3.89. The molecule has 0 unspecified atom stereocenters. The maximum Gasteiger partial charge on any atom is 0.522 e. The third-order valence-corrected chi connectivity index (χ3v) is 5.77. The van der Waals surface area contributed by atoms with E-state index in [1.807, 2.05) is 0 Å². The molecule has 2 aromatic rings. The highest BCUT2D eigenvalue weighted by Crippen LogP contribution is 2.36. The molecule has 0 spiro atoms. The average Bonchev–Trinajstić information content (AvgIpc) is 3.17. The Kier molecular flexibility index (Phi) is 7.06. The lowest BCUT2D eigenvalue weighted by atomic mass is 9.92. The monoisotopic (exact) mass is 501 g/mol. The number of allylic oxidation sites excluding steroid dienone is 1. The predicted molar refractivity (Wildman–Crippen MR) is 114 cm³/mol. The minimum Gasteiger partial charge on any atom is -0.487 e. The van der Waals surface area contributed by atoms with Crippen LogP contribution in [-0.2, 0) is 16.1 Å². The molecule has 1 aromatic carbocycles. The maximum absolute atomic E-state index is 12.6. The summed E-state index contributed by atoms with van der Waals surface area (Å²) < 4.78 is 53.3. The van der Waals surface area contributed by atoms with E-state index in [1.54, 1.807) is 29.1 Å². The number of carbonyl (C=O) groups is 1. The van der Waals surface area contributed by atoms with Gasteiger partial charge >= 0.3 is 6.36 Å². The lowest BCUT2D eigenvalue weighted by Gasteiger charge is -2.34. The zero-order valence-corrected chi connectivity index (χ0v) is 18.7. The Labute approximate surface area is 198 Å². The lowest BCUT2D eigenvalue weighted by molar-refractivity contribution is -0.355. The van der Waals surface area contributed by atoms with Gasteiger partial charge in [-0.25, -0.2) is 0 Å². The number of aliphatic hydroxyl groups excluding tert-OH is 1. The minimum atomic E-state index is -4.64. The van der Waals surface area contributed by atoms with E-state index in [0.717, 1.165) is 0 Å². The summed E-state index contributed by atoms with van der Waals surface area (Å²) in [5.41, 5.74) is 0.978. The van der Waals surface area contributed by atoms with Gasteiger partial charge in [-0.2, -0.15) is 5.10 Å². The standard InChI is InChI=1S/C22H23ClF3N3O5/c1-12(28-21(31)20-9-18(30)17-6-13(23)2-3-19(17)33-20)4-5-29-11-16(10-27-29)32-14-7-15(8-14)34-22(24,25)26/h2-3,6,10-11,14-15,18,20,30H,1,4-5,7-9H2,(H,28,31)/t14?,15?,18-,20+/m1/s1. The molecule has 184 valence electrons. The Morgan fingerprint density at radius 1 is 1.32 bits per heavy atom. The number of aliphatic hydroxyl groups is 1. The van der Waals surface area contributed by atoms with Crippen LogP contribution in [0.15, 0.2) is 42.9 Å². The molecule has 1 aromatic heterocycles. The van der Waals surface area contributed by atoms with Crippen LogP contribution in [0.25, 0.3) is 0 Å². The van der Waals surface area contributed by atoms with Gasteiger partial charge in [-0.1, -0.05) is 18.2 Å². The summed E-state index contributed by atoms with van der Waals surface area (Å²) in [6.07, 6.45) is -3.76. The number of aromatic nitrogens is 2. The zero-order chi connectivity index (χ0) is 24.5. The van der Waals surface area contributed by atoms with Gasteiger partial charge in [-0.15, -0.1) is 13.2 Å². The van der Waals surface area contributed by atoms with Gasteiger partial charge in [0, 0.05) is 48.5 Å². The highest BCUT2D eigenvalue weighted by atomic mass is 35.5. The van der Waals surface area contributed by atoms with Crippen molar-refractivity contribution >= 4 is 17.5 Å². The van der Waals surface area contributed by atoms with E-state index in [9.17, 15) is 23.1 Å². The number of halogens is 4. The molecule has 8 nitrogen and oxygen atoms in total. The maximum atomic E-state index is 12.6. The fourth-order valence-electron chi connectivity index (χ4n) is 3.76. The minimum absolute atomic E-state index is 0.0857. The molecule has 4 rings (SSSR count). The number of ether oxygens (including phenoxy) is 3. The second-order valence-corrected chi connectivity index (χ2v) is 8.66. The van der Waals surface area contributed by atoms with E-state index in [2.05, 4.69) is 21.7 Å². The summed E-state index contributed by atoms with van der Waals surface area (Å²) in [7, 11) is 0. The first-order valence-electron chi connectivity index (χ1n) is 10.6. The number of rotatable bonds is 8. The van der Waals surface area contributed by atoms with E-state index in [0.29, 0.717) is 40.7 Å². The van der Waals surface area contributed by atoms with Crippen LogP contribution in [0, 0.1) is 0 Å². The molecule has 1 saturated carbocycles. The molecular weight excluding hydrogens is 479 g/mol. The summed E-state index contributed by atoms with van der Waals surface area (Å²) in [5.74, 6) is 0.420. The molecule has 2 N–H and O–H groups in total. The second kappa shape index (κ2) is 9.85. The highest BCUT2D eigenvalue weighted by Gasteiger charge is 2.41. The fourth-order valence-corrected chi connectivity index (χ4v) is 3.95. The smallest absolute Gasteiger partial charge is 0.487 e. The van der Waals surface area contributed by atoms with Crippen molar-refractivity contribution in [2.24, 2.45) is 0 Å². The van der Waals surface area contributed by atoms with Gasteiger partial charge in [0.1, 0.15) is 11.9 Å². The molecule has 0 bridgehead atoms. The Morgan fingerprint density at radius 2 is 2.09 bits per heavy atom. The summed E-state index contributed by atoms with van der Waals surface area (Å²) in [6, 6.07) is 4.84. The van der Waals surface area contributed by atoms with Crippen LogP contribution in [-0.4, -0.2) is 45.5 Å². The van der Waals surface area contributed by atoms with E-state index < -0.39 is 30.6 Å². The summed E-state index contributed by atoms with van der Waals surface area (Å²) in [4.78, 5) is 12.6. The van der Waals surface area contributed by atoms with Gasteiger partial charge < -0.3 is 19.9 Å². The number of benzene rings is 1. The topological polar surface area (TPSA) is 94.8 Å². The van der Waals surface area contributed by atoms with Crippen molar-refractivity contribution in [3.63, 3.8) is 0 Å². The average molecular weight is 502 g/mol. The van der Waals surface area contributed by atoms with Gasteiger partial charge in [0.15, 0.2) is 11.9 Å². The van der Waals surface area contributed by atoms with E-state index in [-0.39, 0.29) is 25.4 Å². The fraction of sp³-hybridized carbons (Fsp3) is 0.455. The van der Waals surface area contributed by atoms with Crippen molar-refractivity contribution in [3.05, 3.63) is 53.5 Å². The molecule has 2 aliphatic rings. The number of carbonyl (C=O) groups excluding carboxylic acids is 1. The Balaban J connectivity index is 1.19. The molecule has 1 aliphatic carbocycles. The van der Waals surface area contributed by atoms with Crippen molar-refractivity contribution in [2.45, 2.75) is 63.0 Å². The van der Waals surface area contributed by atoms with Crippen LogP contribution in [0.1, 0.15) is 37.4 Å². The molecule has 2 atom stereocenters. The second-order valence-electron chi connectivity index (χ2n) is 8.22. The van der Waals surface area contributed by atoms with Crippen molar-refractivity contribution in [2.75, 3.05) is 0 Å². The normalized spacial score (nSPS) is 23.9. The quantitative estimate of drug-likeness (QED) is 0.570. The van der Waals surface area contributed by atoms with Crippen LogP contribution in [0.2, 0.25) is 5.02 Å². The number of amides is 1. The first-order valence-corrected chi connectivity index (χ1v) is 11.0. The number of nitrogens with zero attached hydrogens (tertiary/aromatic N) is 2. The van der Waals surface area contributed by atoms with Gasteiger partial charge in [-0.3, -0.25) is 14.2 Å². The first-order chi connectivity index (χ1) is 16.1. The van der Waals surface area contributed by atoms with Gasteiger partial charge in [0.2, 0.25) is 0 Å². The molecule has 34 heavy (non-hydrogen) atoms. The van der Waals surface area contributed by atoms with Gasteiger partial charge in [-0.05, 0) is 18.2 Å². The van der Waals surface area contributed by atoms with Crippen molar-refractivity contribution < 1.29 is 37.3 Å². The Morgan fingerprint density at radius 3 is 2.82 bits per heavy atom. The number of nitrogens with one attached hydrogen (secondary N) is 1. The molecule has 1 amide bonds. The highest BCUT2D eigenvalue weighted by molar-refractivity contribution is 6.30. The van der Waals surface area contributed by atoms with Crippen molar-refractivity contribution in [3.8, 4) is 11.5 Å². The summed E-state index contributed by atoms with van der Waals surface area (Å²) in [5, 5.41) is 17.6. The van der Waals surface area contributed by atoms with Crippen molar-refractivity contribution in [1.82, 2.24) is 15.1 Å². The molecular formula is C22H23ClF3N3O5. The molecule has 0 radical (unpaired) electrons. The summed E-state index contributed by atoms with van der Waals surface area (Å²) in [6.45, 7) is 4.24. The third-order valence-electron chi connectivity index (χ3n) is 5.54. The Hall–Kier alpha value is -2.76. The van der Waals surface area contributed by atoms with Crippen LogP contribution in [0.5, 0.6) is 11.5 Å². The molecule has 0 saturated heterocycles. The van der Waals surface area contributed by atoms with Crippen LogP contribution >= 0.6 is 11.6 Å². The number of aryl methyl sites for hydroxylation is 1. The number of alkyl halides is 3.